The molecular formula is C17H15BrN2OS2. The van der Waals surface area contributed by atoms with Crippen molar-refractivity contribution < 1.29 is 0 Å². The van der Waals surface area contributed by atoms with Gasteiger partial charge in [-0.25, -0.2) is 0 Å². The molecule has 6 heteroatoms. The highest BCUT2D eigenvalue weighted by Gasteiger charge is 2.32. The van der Waals surface area contributed by atoms with Crippen molar-refractivity contribution in [3.05, 3.63) is 56.7 Å². The average Bonchev–Trinajstić information content (AvgIpc) is 2.85. The van der Waals surface area contributed by atoms with Crippen molar-refractivity contribution in [2.45, 2.75) is 29.9 Å². The summed E-state index contributed by atoms with van der Waals surface area (Å²) in [6.07, 6.45) is 0. The molecule has 23 heavy (non-hydrogen) atoms. The lowest BCUT2D eigenvalue weighted by atomic mass is 10.0. The Morgan fingerprint density at radius 2 is 2.00 bits per heavy atom. The largest absolute Gasteiger partial charge is 0.303 e. The van der Waals surface area contributed by atoms with Crippen LogP contribution in [0.4, 0.5) is 0 Å². The molecule has 0 bridgehead atoms. The lowest BCUT2D eigenvalue weighted by Gasteiger charge is -2.32. The summed E-state index contributed by atoms with van der Waals surface area (Å²) in [5, 5.41) is 1.60. The van der Waals surface area contributed by atoms with Crippen molar-refractivity contribution in [2.75, 3.05) is 5.75 Å². The van der Waals surface area contributed by atoms with Gasteiger partial charge in [-0.2, -0.15) is 4.98 Å². The molecule has 0 saturated heterocycles. The summed E-state index contributed by atoms with van der Waals surface area (Å²) in [5.74, 6) is 0.904. The number of thiophene rings is 1. The second kappa shape index (κ2) is 5.76. The van der Waals surface area contributed by atoms with Crippen LogP contribution in [0, 0.1) is 13.8 Å². The number of hydrogen-bond acceptors (Lipinski definition) is 4. The summed E-state index contributed by atoms with van der Waals surface area (Å²) in [6.45, 7) is 4.09. The number of halogens is 1. The summed E-state index contributed by atoms with van der Waals surface area (Å²) in [5.41, 5.74) is 2.21. The Morgan fingerprint density at radius 3 is 2.74 bits per heavy atom. The number of aryl methyl sites for hydroxylation is 2. The number of alkyl halides is 1. The van der Waals surface area contributed by atoms with Crippen LogP contribution in [0.25, 0.3) is 10.2 Å². The normalized spacial score (nSPS) is 20.7. The number of fused-ring (bicyclic) bond motifs is 3. The van der Waals surface area contributed by atoms with Crippen molar-refractivity contribution in [2.24, 2.45) is 0 Å². The van der Waals surface area contributed by atoms with Gasteiger partial charge in [-0.1, -0.05) is 58.0 Å². The molecule has 118 valence electrons. The van der Waals surface area contributed by atoms with Gasteiger partial charge in [-0.05, 0) is 25.0 Å². The summed E-state index contributed by atoms with van der Waals surface area (Å²) < 4.78 is 2.25. The Bertz CT molecular complexity index is 949. The SMILES string of the molecule is Cc1sc2c(c1C)c(=O)nc1n2[C@H](c2ccccc2)[C@@H](Br)CS1. The highest BCUT2D eigenvalue weighted by atomic mass is 79.9. The van der Waals surface area contributed by atoms with E-state index in [9.17, 15) is 4.79 Å². The molecule has 0 unspecified atom stereocenters. The van der Waals surface area contributed by atoms with E-state index in [1.807, 2.05) is 13.0 Å². The smallest absolute Gasteiger partial charge is 0.282 e. The Kier molecular flexibility index (Phi) is 3.86. The van der Waals surface area contributed by atoms with Crippen LogP contribution in [0.1, 0.15) is 22.0 Å². The van der Waals surface area contributed by atoms with Crippen molar-refractivity contribution in [1.29, 1.82) is 0 Å². The molecule has 0 saturated carbocycles. The van der Waals surface area contributed by atoms with Crippen molar-refractivity contribution in [3.8, 4) is 0 Å². The van der Waals surface area contributed by atoms with E-state index in [1.165, 1.54) is 10.4 Å². The van der Waals surface area contributed by atoms with Gasteiger partial charge in [0.2, 0.25) is 0 Å². The number of aromatic nitrogens is 2. The second-order valence-corrected chi connectivity index (χ2v) is 9.08. The van der Waals surface area contributed by atoms with Gasteiger partial charge in [0, 0.05) is 15.5 Å². The van der Waals surface area contributed by atoms with Gasteiger partial charge in [0.25, 0.3) is 5.56 Å². The first-order valence-electron chi connectivity index (χ1n) is 7.42. The fourth-order valence-corrected chi connectivity index (χ4v) is 6.24. The standard InChI is InChI=1S/C17H15BrN2OS2/c1-9-10(2)23-16-13(9)15(21)19-17-20(16)14(12(18)8-22-17)11-6-4-3-5-7-11/h3-7,12,14H,8H2,1-2H3/t12-,14+/m0/s1. The monoisotopic (exact) mass is 406 g/mol. The van der Waals surface area contributed by atoms with Crippen LogP contribution in [0.3, 0.4) is 0 Å². The van der Waals surface area contributed by atoms with Crippen LogP contribution < -0.4 is 5.56 Å². The number of hydrogen-bond donors (Lipinski definition) is 0. The molecule has 0 N–H and O–H groups in total. The Hall–Kier alpha value is -1.11. The van der Waals surface area contributed by atoms with Gasteiger partial charge in [-0.3, -0.25) is 4.79 Å². The maximum absolute atomic E-state index is 12.5. The van der Waals surface area contributed by atoms with Crippen LogP contribution in [-0.4, -0.2) is 20.1 Å². The summed E-state index contributed by atoms with van der Waals surface area (Å²) in [4.78, 5) is 19.4. The first kappa shape index (κ1) is 15.4. The Balaban J connectivity index is 2.08. The average molecular weight is 407 g/mol. The molecule has 0 spiro atoms. The van der Waals surface area contributed by atoms with E-state index in [0.717, 1.165) is 26.7 Å². The minimum atomic E-state index is -0.0968. The predicted octanol–water partition coefficient (Wildman–Crippen LogP) is 4.53. The molecule has 2 aromatic heterocycles. The third-order valence-corrected chi connectivity index (χ3v) is 7.87. The fraction of sp³-hybridized carbons (Fsp3) is 0.294. The molecule has 0 fully saturated rings. The molecule has 0 aliphatic carbocycles. The highest BCUT2D eigenvalue weighted by Crippen LogP contribution is 2.42. The van der Waals surface area contributed by atoms with Crippen LogP contribution in [0.2, 0.25) is 0 Å². The van der Waals surface area contributed by atoms with Gasteiger partial charge in [-0.15, -0.1) is 11.3 Å². The molecule has 1 aliphatic heterocycles. The van der Waals surface area contributed by atoms with Crippen LogP contribution in [0.5, 0.6) is 0 Å². The van der Waals surface area contributed by atoms with Crippen LogP contribution in [0.15, 0.2) is 40.3 Å². The van der Waals surface area contributed by atoms with Gasteiger partial charge in [0.05, 0.1) is 11.4 Å². The Morgan fingerprint density at radius 1 is 1.26 bits per heavy atom. The Labute approximate surface area is 150 Å². The third-order valence-electron chi connectivity index (χ3n) is 4.34. The zero-order valence-corrected chi connectivity index (χ0v) is 16.0. The lowest BCUT2D eigenvalue weighted by Crippen LogP contribution is -2.31. The molecule has 1 aromatic carbocycles. The van der Waals surface area contributed by atoms with Gasteiger partial charge < -0.3 is 4.57 Å². The first-order valence-corrected chi connectivity index (χ1v) is 10.1. The second-order valence-electron chi connectivity index (χ2n) is 5.72. The highest BCUT2D eigenvalue weighted by molar-refractivity contribution is 9.09. The minimum absolute atomic E-state index is 0.0968. The van der Waals surface area contributed by atoms with Gasteiger partial charge >= 0.3 is 0 Å². The van der Waals surface area contributed by atoms with Gasteiger partial charge in [0.15, 0.2) is 5.16 Å². The van der Waals surface area contributed by atoms with Crippen molar-refractivity contribution >= 4 is 49.2 Å². The van der Waals surface area contributed by atoms with E-state index in [4.69, 9.17) is 0 Å². The number of benzene rings is 1. The molecule has 2 atom stereocenters. The maximum Gasteiger partial charge on any atom is 0.282 e. The van der Waals surface area contributed by atoms with E-state index < -0.39 is 0 Å². The van der Waals surface area contributed by atoms with E-state index in [0.29, 0.717) is 4.83 Å². The lowest BCUT2D eigenvalue weighted by molar-refractivity contribution is 0.531. The maximum atomic E-state index is 12.5. The quantitative estimate of drug-likeness (QED) is 0.439. The van der Waals surface area contributed by atoms with Crippen molar-refractivity contribution in [1.82, 2.24) is 9.55 Å². The number of rotatable bonds is 1. The van der Waals surface area contributed by atoms with Crippen LogP contribution >= 0.6 is 39.0 Å². The molecule has 0 amide bonds. The third kappa shape index (κ3) is 2.39. The molecule has 3 nitrogen and oxygen atoms in total. The molecular weight excluding hydrogens is 392 g/mol. The summed E-state index contributed by atoms with van der Waals surface area (Å²) in [6, 6.07) is 10.6. The van der Waals surface area contributed by atoms with Gasteiger partial charge in [0.1, 0.15) is 4.83 Å². The summed E-state index contributed by atoms with van der Waals surface area (Å²) >= 11 is 7.20. The number of thioether (sulfide) groups is 1. The fourth-order valence-electron chi connectivity index (χ4n) is 3.08. The van der Waals surface area contributed by atoms with E-state index in [2.05, 4.69) is 56.7 Å². The first-order chi connectivity index (χ1) is 11.1. The molecule has 0 radical (unpaired) electrons. The van der Waals surface area contributed by atoms with E-state index >= 15 is 0 Å². The zero-order valence-electron chi connectivity index (χ0n) is 12.7. The van der Waals surface area contributed by atoms with E-state index in [1.54, 1.807) is 23.1 Å². The summed E-state index contributed by atoms with van der Waals surface area (Å²) in [7, 11) is 0. The van der Waals surface area contributed by atoms with Crippen LogP contribution in [-0.2, 0) is 0 Å². The predicted molar refractivity (Wildman–Crippen MR) is 101 cm³/mol. The molecule has 3 aromatic rings. The van der Waals surface area contributed by atoms with Crippen molar-refractivity contribution in [3.63, 3.8) is 0 Å². The van der Waals surface area contributed by atoms with E-state index in [-0.39, 0.29) is 11.6 Å². The molecule has 1 aliphatic rings. The molecule has 3 heterocycles. The number of nitrogens with zero attached hydrogens (tertiary/aromatic N) is 2. The zero-order chi connectivity index (χ0) is 16.1. The topological polar surface area (TPSA) is 34.9 Å². The molecule has 4 rings (SSSR count). The minimum Gasteiger partial charge on any atom is -0.303 e.